The Morgan fingerprint density at radius 1 is 1.25 bits per heavy atom. The van der Waals surface area contributed by atoms with Gasteiger partial charge in [0.05, 0.1) is 3.79 Å². The van der Waals surface area contributed by atoms with Gasteiger partial charge in [-0.25, -0.2) is 0 Å². The van der Waals surface area contributed by atoms with Crippen LogP contribution < -0.4 is 10.5 Å². The molecule has 0 amide bonds. The number of hydrogen-bond donors (Lipinski definition) is 1. The molecule has 5 heteroatoms. The molecule has 20 heavy (non-hydrogen) atoms. The Bertz CT molecular complexity index is 585. The molecular formula is C15H17Br2NOS. The predicted molar refractivity (Wildman–Crippen MR) is 92.5 cm³/mol. The molecule has 0 fully saturated rings. The second kappa shape index (κ2) is 7.07. The number of thiophene rings is 1. The van der Waals surface area contributed by atoms with E-state index in [0.29, 0.717) is 0 Å². The molecule has 0 saturated heterocycles. The highest BCUT2D eigenvalue weighted by molar-refractivity contribution is 9.11. The van der Waals surface area contributed by atoms with E-state index >= 15 is 0 Å². The highest BCUT2D eigenvalue weighted by Crippen LogP contribution is 2.34. The maximum Gasteiger partial charge on any atom is 0.148 e. The lowest BCUT2D eigenvalue weighted by atomic mass is 10.1. The van der Waals surface area contributed by atoms with Crippen molar-refractivity contribution < 1.29 is 4.74 Å². The van der Waals surface area contributed by atoms with Crippen molar-refractivity contribution in [3.8, 4) is 5.75 Å². The zero-order valence-electron chi connectivity index (χ0n) is 11.4. The summed E-state index contributed by atoms with van der Waals surface area (Å²) < 4.78 is 8.31. The first-order valence-electron chi connectivity index (χ1n) is 6.45. The Morgan fingerprint density at radius 3 is 2.60 bits per heavy atom. The summed E-state index contributed by atoms with van der Waals surface area (Å²) in [7, 11) is 0. The van der Waals surface area contributed by atoms with E-state index in [1.807, 2.05) is 31.2 Å². The summed E-state index contributed by atoms with van der Waals surface area (Å²) in [5.74, 6) is 0.873. The first-order valence-corrected chi connectivity index (χ1v) is 8.85. The lowest BCUT2D eigenvalue weighted by Gasteiger charge is -2.24. The number of halogens is 2. The third kappa shape index (κ3) is 3.85. The maximum absolute atomic E-state index is 6.25. The third-order valence-corrected chi connectivity index (χ3v) is 5.32. The van der Waals surface area contributed by atoms with Gasteiger partial charge in [0.15, 0.2) is 0 Å². The van der Waals surface area contributed by atoms with Crippen LogP contribution in [0.15, 0.2) is 38.6 Å². The third-order valence-electron chi connectivity index (χ3n) is 3.14. The van der Waals surface area contributed by atoms with Crippen LogP contribution in [0, 0.1) is 6.92 Å². The van der Waals surface area contributed by atoms with Gasteiger partial charge in [0, 0.05) is 15.4 Å². The highest BCUT2D eigenvalue weighted by atomic mass is 79.9. The molecule has 1 aromatic carbocycles. The summed E-state index contributed by atoms with van der Waals surface area (Å²) in [6, 6.07) is 10.1. The zero-order valence-corrected chi connectivity index (χ0v) is 15.4. The Balaban J connectivity index is 2.30. The van der Waals surface area contributed by atoms with E-state index in [2.05, 4.69) is 44.8 Å². The predicted octanol–water partition coefficient (Wildman–Crippen LogP) is 5.44. The van der Waals surface area contributed by atoms with Crippen LogP contribution in [0.3, 0.4) is 0 Å². The van der Waals surface area contributed by atoms with Crippen LogP contribution in [-0.4, -0.2) is 6.04 Å². The number of rotatable bonds is 5. The van der Waals surface area contributed by atoms with Gasteiger partial charge in [-0.3, -0.25) is 0 Å². The lowest BCUT2D eigenvalue weighted by molar-refractivity contribution is 0.173. The average Bonchev–Trinajstić information content (AvgIpc) is 2.85. The Kier molecular flexibility index (Phi) is 5.66. The fourth-order valence-electron chi connectivity index (χ4n) is 1.89. The van der Waals surface area contributed by atoms with Crippen molar-refractivity contribution in [2.24, 2.45) is 5.73 Å². The molecule has 0 aliphatic carbocycles. The van der Waals surface area contributed by atoms with Crippen LogP contribution in [-0.2, 0) is 0 Å². The van der Waals surface area contributed by atoms with Crippen molar-refractivity contribution in [3.63, 3.8) is 0 Å². The second-order valence-corrected chi connectivity index (χ2v) is 8.07. The monoisotopic (exact) mass is 417 g/mol. The van der Waals surface area contributed by atoms with Crippen LogP contribution in [0.1, 0.15) is 29.9 Å². The molecule has 1 aromatic heterocycles. The molecule has 0 aliphatic rings. The molecule has 0 saturated carbocycles. The van der Waals surface area contributed by atoms with Crippen molar-refractivity contribution in [2.45, 2.75) is 32.4 Å². The normalized spacial score (nSPS) is 14.1. The van der Waals surface area contributed by atoms with Crippen LogP contribution in [0.5, 0.6) is 5.75 Å². The number of benzene rings is 1. The van der Waals surface area contributed by atoms with Gasteiger partial charge in [-0.05, 0) is 59.1 Å². The first kappa shape index (κ1) is 16.0. The van der Waals surface area contributed by atoms with E-state index in [0.717, 1.165) is 30.9 Å². The van der Waals surface area contributed by atoms with E-state index in [-0.39, 0.29) is 12.1 Å². The SMILES string of the molecule is CCC(N)C(Oc1cc(Br)ccc1C)c1ccc(Br)s1. The van der Waals surface area contributed by atoms with Gasteiger partial charge in [-0.15, -0.1) is 11.3 Å². The molecule has 108 valence electrons. The Hall–Kier alpha value is -0.360. The standard InChI is InChI=1S/C15H17Br2NOS/c1-3-11(18)15(13-6-7-14(17)20-13)19-12-8-10(16)5-4-9(12)2/h4-8,11,15H,3,18H2,1-2H3. The van der Waals surface area contributed by atoms with Crippen molar-refractivity contribution >= 4 is 43.2 Å². The van der Waals surface area contributed by atoms with Crippen molar-refractivity contribution in [3.05, 3.63) is 49.0 Å². The van der Waals surface area contributed by atoms with E-state index < -0.39 is 0 Å². The van der Waals surface area contributed by atoms with E-state index in [1.165, 1.54) is 0 Å². The number of aryl methyl sites for hydroxylation is 1. The largest absolute Gasteiger partial charge is 0.483 e. The van der Waals surface area contributed by atoms with Crippen LogP contribution in [0.25, 0.3) is 0 Å². The minimum Gasteiger partial charge on any atom is -0.483 e. The summed E-state index contributed by atoms with van der Waals surface area (Å²) in [6.07, 6.45) is 0.747. The van der Waals surface area contributed by atoms with Crippen molar-refractivity contribution in [1.29, 1.82) is 0 Å². The van der Waals surface area contributed by atoms with E-state index in [9.17, 15) is 0 Å². The number of nitrogens with two attached hydrogens (primary N) is 1. The summed E-state index contributed by atoms with van der Waals surface area (Å²) >= 11 is 8.65. The van der Waals surface area contributed by atoms with E-state index in [1.54, 1.807) is 11.3 Å². The molecule has 0 radical (unpaired) electrons. The maximum atomic E-state index is 6.25. The molecule has 2 nitrogen and oxygen atoms in total. The van der Waals surface area contributed by atoms with Gasteiger partial charge in [0.1, 0.15) is 11.9 Å². The fraction of sp³-hybridized carbons (Fsp3) is 0.333. The molecular weight excluding hydrogens is 402 g/mol. The molecule has 2 N–H and O–H groups in total. The van der Waals surface area contributed by atoms with Gasteiger partial charge in [-0.2, -0.15) is 0 Å². The Morgan fingerprint density at radius 2 is 2.00 bits per heavy atom. The van der Waals surface area contributed by atoms with Crippen molar-refractivity contribution in [1.82, 2.24) is 0 Å². The quantitative estimate of drug-likeness (QED) is 0.701. The molecule has 0 aliphatic heterocycles. The van der Waals surface area contributed by atoms with E-state index in [4.69, 9.17) is 10.5 Å². The molecule has 2 rings (SSSR count). The van der Waals surface area contributed by atoms with Crippen LogP contribution in [0.4, 0.5) is 0 Å². The summed E-state index contributed by atoms with van der Waals surface area (Å²) in [5, 5.41) is 0. The van der Waals surface area contributed by atoms with Gasteiger partial charge in [0.2, 0.25) is 0 Å². The smallest absolute Gasteiger partial charge is 0.148 e. The molecule has 1 heterocycles. The molecule has 2 atom stereocenters. The molecule has 2 aromatic rings. The number of ether oxygens (including phenoxy) is 1. The molecule has 0 bridgehead atoms. The minimum atomic E-state index is -0.121. The Labute approximate surface area is 140 Å². The minimum absolute atomic E-state index is 0.0288. The topological polar surface area (TPSA) is 35.2 Å². The lowest BCUT2D eigenvalue weighted by Crippen LogP contribution is -2.31. The van der Waals surface area contributed by atoms with Gasteiger partial charge in [0.25, 0.3) is 0 Å². The highest BCUT2D eigenvalue weighted by Gasteiger charge is 2.23. The van der Waals surface area contributed by atoms with Crippen LogP contribution in [0.2, 0.25) is 0 Å². The summed E-state index contributed by atoms with van der Waals surface area (Å²) in [6.45, 7) is 4.12. The van der Waals surface area contributed by atoms with Gasteiger partial charge < -0.3 is 10.5 Å². The molecule has 2 unspecified atom stereocenters. The molecule has 0 spiro atoms. The fourth-order valence-corrected chi connectivity index (χ4v) is 3.76. The second-order valence-electron chi connectivity index (χ2n) is 4.66. The average molecular weight is 419 g/mol. The van der Waals surface area contributed by atoms with Gasteiger partial charge in [-0.1, -0.05) is 28.9 Å². The number of hydrogen-bond acceptors (Lipinski definition) is 3. The summed E-state index contributed by atoms with van der Waals surface area (Å²) in [4.78, 5) is 1.14. The summed E-state index contributed by atoms with van der Waals surface area (Å²) in [5.41, 5.74) is 7.36. The first-order chi connectivity index (χ1) is 9.51. The van der Waals surface area contributed by atoms with Crippen molar-refractivity contribution in [2.75, 3.05) is 0 Å². The van der Waals surface area contributed by atoms with Crippen LogP contribution >= 0.6 is 43.2 Å². The zero-order chi connectivity index (χ0) is 14.7. The van der Waals surface area contributed by atoms with Gasteiger partial charge >= 0.3 is 0 Å².